The summed E-state index contributed by atoms with van der Waals surface area (Å²) >= 11 is 0.588. The largest absolute Gasteiger partial charge is 0.443 e. The van der Waals surface area contributed by atoms with Crippen molar-refractivity contribution in [2.75, 3.05) is 20.8 Å². The van der Waals surface area contributed by atoms with Gasteiger partial charge in [-0.3, -0.25) is 0 Å². The summed E-state index contributed by atoms with van der Waals surface area (Å²) in [5, 5.41) is 2.15. The lowest BCUT2D eigenvalue weighted by Crippen LogP contribution is -2.33. The van der Waals surface area contributed by atoms with Crippen LogP contribution in [-0.4, -0.2) is 32.0 Å². The molecule has 0 aliphatic rings. The maximum Gasteiger partial charge on any atom is 0.443 e. The van der Waals surface area contributed by atoms with Gasteiger partial charge in [-0.2, -0.15) is 13.2 Å². The molecule has 18 heavy (non-hydrogen) atoms. The van der Waals surface area contributed by atoms with Crippen LogP contribution in [0, 0.1) is 0 Å². The minimum Gasteiger partial charge on any atom is -0.354 e. The third-order valence-electron chi connectivity index (χ3n) is 2.23. The zero-order valence-corrected chi connectivity index (χ0v) is 11.1. The molecule has 104 valence electrons. The molecule has 0 fully saturated rings. The maximum absolute atomic E-state index is 12.5. The molecule has 1 atom stereocenters. The van der Waals surface area contributed by atoms with Crippen LogP contribution in [0.15, 0.2) is 6.20 Å². The van der Waals surface area contributed by atoms with Gasteiger partial charge in [0.2, 0.25) is 0 Å². The van der Waals surface area contributed by atoms with E-state index in [0.717, 1.165) is 0 Å². The number of rotatable bonds is 6. The van der Waals surface area contributed by atoms with Crippen LogP contribution in [-0.2, 0) is 15.7 Å². The first-order valence-electron chi connectivity index (χ1n) is 5.25. The van der Waals surface area contributed by atoms with Gasteiger partial charge in [-0.15, -0.1) is 11.3 Å². The van der Waals surface area contributed by atoms with E-state index in [9.17, 15) is 13.2 Å². The van der Waals surface area contributed by atoms with Crippen LogP contribution < -0.4 is 5.32 Å². The highest BCUT2D eigenvalue weighted by molar-refractivity contribution is 7.11. The number of halogens is 3. The van der Waals surface area contributed by atoms with Gasteiger partial charge in [0.15, 0.2) is 11.3 Å². The predicted octanol–water partition coefficient (Wildman–Crippen LogP) is 2.43. The van der Waals surface area contributed by atoms with Crippen molar-refractivity contribution in [3.63, 3.8) is 0 Å². The Labute approximate surface area is 107 Å². The Morgan fingerprint density at radius 2 is 2.00 bits per heavy atom. The van der Waals surface area contributed by atoms with Gasteiger partial charge in [0, 0.05) is 25.3 Å². The molecule has 1 aromatic rings. The molecule has 0 saturated carbocycles. The van der Waals surface area contributed by atoms with Crippen LogP contribution >= 0.6 is 11.3 Å². The molecule has 0 aliphatic heterocycles. The van der Waals surface area contributed by atoms with Gasteiger partial charge in [0.1, 0.15) is 0 Å². The van der Waals surface area contributed by atoms with Crippen molar-refractivity contribution in [2.24, 2.45) is 0 Å². The molecule has 0 radical (unpaired) electrons. The molecule has 0 saturated heterocycles. The summed E-state index contributed by atoms with van der Waals surface area (Å²) in [5.74, 6) is 0. The highest BCUT2D eigenvalue weighted by Gasteiger charge is 2.36. The third kappa shape index (κ3) is 3.64. The fourth-order valence-electron chi connectivity index (χ4n) is 1.48. The van der Waals surface area contributed by atoms with Crippen LogP contribution in [0.2, 0.25) is 0 Å². The summed E-state index contributed by atoms with van der Waals surface area (Å²) in [6.45, 7) is 2.42. The fraction of sp³-hybridized carbons (Fsp3) is 0.700. The monoisotopic (exact) mass is 284 g/mol. The molecule has 1 aromatic heterocycles. The van der Waals surface area contributed by atoms with Crippen molar-refractivity contribution < 1.29 is 22.6 Å². The molecule has 0 aromatic carbocycles. The van der Waals surface area contributed by atoms with Crippen molar-refractivity contribution in [1.29, 1.82) is 0 Å². The highest BCUT2D eigenvalue weighted by Crippen LogP contribution is 2.35. The quantitative estimate of drug-likeness (QED) is 0.815. The maximum atomic E-state index is 12.5. The van der Waals surface area contributed by atoms with E-state index >= 15 is 0 Å². The van der Waals surface area contributed by atoms with Crippen LogP contribution in [0.4, 0.5) is 13.2 Å². The molecule has 4 nitrogen and oxygen atoms in total. The van der Waals surface area contributed by atoms with Crippen molar-refractivity contribution in [3.05, 3.63) is 16.1 Å². The van der Waals surface area contributed by atoms with Crippen LogP contribution in [0.25, 0.3) is 0 Å². The standard InChI is InChI=1S/C10H15F3N2O2S/c1-4-14-7(8(16-2)17-3)6-5-15-9(18-6)10(11,12)13/h5,7-8,14H,4H2,1-3H3. The fourth-order valence-corrected chi connectivity index (χ4v) is 2.35. The lowest BCUT2D eigenvalue weighted by molar-refractivity contribution is -0.137. The first-order chi connectivity index (χ1) is 8.43. The average molecular weight is 284 g/mol. The topological polar surface area (TPSA) is 43.4 Å². The number of aromatic nitrogens is 1. The van der Waals surface area contributed by atoms with Crippen LogP contribution in [0.3, 0.4) is 0 Å². The van der Waals surface area contributed by atoms with Crippen molar-refractivity contribution >= 4 is 11.3 Å². The van der Waals surface area contributed by atoms with E-state index in [1.165, 1.54) is 20.4 Å². The smallest absolute Gasteiger partial charge is 0.354 e. The van der Waals surface area contributed by atoms with E-state index in [0.29, 0.717) is 22.8 Å². The van der Waals surface area contributed by atoms with E-state index in [-0.39, 0.29) is 0 Å². The molecule has 0 amide bonds. The first kappa shape index (κ1) is 15.4. The van der Waals surface area contributed by atoms with Gasteiger partial charge in [-0.05, 0) is 6.54 Å². The third-order valence-corrected chi connectivity index (χ3v) is 3.36. The summed E-state index contributed by atoms with van der Waals surface area (Å²) < 4.78 is 47.6. The molecular formula is C10H15F3N2O2S. The Kier molecular flexibility index (Phi) is 5.51. The van der Waals surface area contributed by atoms with E-state index in [1.54, 1.807) is 0 Å². The second kappa shape index (κ2) is 6.46. The summed E-state index contributed by atoms with van der Waals surface area (Å²) in [4.78, 5) is 3.81. The molecule has 1 heterocycles. The molecular weight excluding hydrogens is 269 g/mol. The summed E-state index contributed by atoms with van der Waals surface area (Å²) in [5.41, 5.74) is 0. The molecule has 1 N–H and O–H groups in total. The summed E-state index contributed by atoms with van der Waals surface area (Å²) in [6.07, 6.45) is -3.88. The van der Waals surface area contributed by atoms with Gasteiger partial charge in [0.25, 0.3) is 0 Å². The zero-order chi connectivity index (χ0) is 13.8. The Balaban J connectivity index is 2.95. The average Bonchev–Trinajstić information content (AvgIpc) is 2.78. The number of nitrogens with one attached hydrogen (secondary N) is 1. The molecule has 0 bridgehead atoms. The van der Waals surface area contributed by atoms with E-state index in [1.807, 2.05) is 6.92 Å². The van der Waals surface area contributed by atoms with Crippen molar-refractivity contribution in [3.8, 4) is 0 Å². The molecule has 1 rings (SSSR count). The normalized spacial score (nSPS) is 14.2. The number of ether oxygens (including phenoxy) is 2. The first-order valence-corrected chi connectivity index (χ1v) is 6.07. The second-order valence-corrected chi connectivity index (χ2v) is 4.50. The number of hydrogen-bond acceptors (Lipinski definition) is 5. The SMILES string of the molecule is CCNC(c1cnc(C(F)(F)F)s1)C(OC)OC. The van der Waals surface area contributed by atoms with Crippen molar-refractivity contribution in [1.82, 2.24) is 10.3 Å². The number of alkyl halides is 3. The minimum absolute atomic E-state index is 0.429. The van der Waals surface area contributed by atoms with Crippen LogP contribution in [0.5, 0.6) is 0 Å². The highest BCUT2D eigenvalue weighted by atomic mass is 32.1. The number of thiazole rings is 1. The predicted molar refractivity (Wildman–Crippen MR) is 61.3 cm³/mol. The Morgan fingerprint density at radius 3 is 2.39 bits per heavy atom. The summed E-state index contributed by atoms with van der Waals surface area (Å²) in [6, 6.07) is -0.474. The van der Waals surface area contributed by atoms with Gasteiger partial charge in [-0.1, -0.05) is 6.92 Å². The molecule has 0 spiro atoms. The Bertz CT molecular complexity index is 366. The molecule has 1 unspecified atom stereocenters. The van der Waals surface area contributed by atoms with E-state index < -0.39 is 23.5 Å². The number of likely N-dealkylation sites (N-methyl/N-ethyl adjacent to an activating group) is 1. The van der Waals surface area contributed by atoms with Crippen molar-refractivity contribution in [2.45, 2.75) is 25.4 Å². The second-order valence-electron chi connectivity index (χ2n) is 3.44. The lowest BCUT2D eigenvalue weighted by atomic mass is 10.2. The minimum atomic E-state index is -4.42. The molecule has 8 heteroatoms. The van der Waals surface area contributed by atoms with Gasteiger partial charge >= 0.3 is 6.18 Å². The number of nitrogens with zero attached hydrogens (tertiary/aromatic N) is 1. The number of hydrogen-bond donors (Lipinski definition) is 1. The van der Waals surface area contributed by atoms with E-state index in [2.05, 4.69) is 10.3 Å². The zero-order valence-electron chi connectivity index (χ0n) is 10.2. The number of methoxy groups -OCH3 is 2. The molecule has 0 aliphatic carbocycles. The summed E-state index contributed by atoms with van der Waals surface area (Å²) in [7, 11) is 2.87. The van der Waals surface area contributed by atoms with Gasteiger partial charge in [-0.25, -0.2) is 4.98 Å². The van der Waals surface area contributed by atoms with Gasteiger partial charge in [0.05, 0.1) is 6.04 Å². The van der Waals surface area contributed by atoms with E-state index in [4.69, 9.17) is 9.47 Å². The van der Waals surface area contributed by atoms with Crippen LogP contribution in [0.1, 0.15) is 22.9 Å². The lowest BCUT2D eigenvalue weighted by Gasteiger charge is -2.24. The van der Waals surface area contributed by atoms with Gasteiger partial charge < -0.3 is 14.8 Å². The Hall–Kier alpha value is -0.700. The Morgan fingerprint density at radius 1 is 1.39 bits per heavy atom.